The molecule has 0 unspecified atom stereocenters. The van der Waals surface area contributed by atoms with Gasteiger partial charge in [-0.2, -0.15) is 0 Å². The molecule has 0 spiro atoms. The summed E-state index contributed by atoms with van der Waals surface area (Å²) in [6.07, 6.45) is 4.42. The summed E-state index contributed by atoms with van der Waals surface area (Å²) in [6, 6.07) is 15.7. The first-order chi connectivity index (χ1) is 18.0. The molecular weight excluding hydrogens is 466 g/mol. The van der Waals surface area contributed by atoms with E-state index in [4.69, 9.17) is 0 Å². The summed E-state index contributed by atoms with van der Waals surface area (Å²) in [7, 11) is 0. The van der Waals surface area contributed by atoms with Gasteiger partial charge < -0.3 is 10.2 Å². The summed E-state index contributed by atoms with van der Waals surface area (Å²) in [6.45, 7) is 3.31. The fourth-order valence-corrected chi connectivity index (χ4v) is 5.93. The Morgan fingerprint density at radius 2 is 1.81 bits per heavy atom. The third-order valence-electron chi connectivity index (χ3n) is 7.97. The Kier molecular flexibility index (Phi) is 6.02. The number of amides is 2. The quantitative estimate of drug-likeness (QED) is 0.424. The zero-order valence-electron chi connectivity index (χ0n) is 21.0. The molecule has 1 fully saturated rings. The second-order valence-electron chi connectivity index (χ2n) is 10.4. The predicted molar refractivity (Wildman–Crippen MR) is 141 cm³/mol. The summed E-state index contributed by atoms with van der Waals surface area (Å²) in [5, 5.41) is 7.19. The van der Waals surface area contributed by atoms with Crippen molar-refractivity contribution in [3.63, 3.8) is 0 Å². The highest BCUT2D eigenvalue weighted by atomic mass is 16.2. The van der Waals surface area contributed by atoms with Gasteiger partial charge in [-0.1, -0.05) is 30.3 Å². The molecule has 0 saturated heterocycles. The Morgan fingerprint density at radius 1 is 1.05 bits per heavy atom. The molecule has 8 heteroatoms. The zero-order chi connectivity index (χ0) is 25.5. The number of nitrogens with zero attached hydrogens (tertiary/aromatic N) is 3. The van der Waals surface area contributed by atoms with E-state index < -0.39 is 0 Å². The molecule has 1 aliphatic carbocycles. The van der Waals surface area contributed by atoms with Crippen molar-refractivity contribution >= 4 is 28.4 Å². The minimum Gasteiger partial charge on any atom is -0.353 e. The lowest BCUT2D eigenvalue weighted by Crippen LogP contribution is -2.40. The van der Waals surface area contributed by atoms with Crippen LogP contribution in [0.1, 0.15) is 59.3 Å². The minimum absolute atomic E-state index is 0.0332. The standard InChI is InChI=1S/C29H31N5O3/c1-18-22(29(37)34-27(30-18)24-8-4-5-9-25(24)32-34)14-15-26(35)31-21-12-10-19(11-13-21)16-33-17-20-6-2-3-7-23(20)28(33)36/h2-9,19,21,32H,10-17H2,1H3,(H,31,35). The third-order valence-corrected chi connectivity index (χ3v) is 7.97. The molecule has 4 aromatic rings. The number of aromatic nitrogens is 3. The number of aryl methyl sites for hydroxylation is 1. The number of benzene rings is 2. The molecule has 2 amide bonds. The Bertz CT molecular complexity index is 1560. The van der Waals surface area contributed by atoms with Gasteiger partial charge in [0.05, 0.1) is 5.52 Å². The van der Waals surface area contributed by atoms with Gasteiger partial charge in [-0.3, -0.25) is 19.5 Å². The summed E-state index contributed by atoms with van der Waals surface area (Å²) in [5.41, 5.74) is 4.50. The van der Waals surface area contributed by atoms with Crippen LogP contribution in [0.4, 0.5) is 0 Å². The number of para-hydroxylation sites is 1. The van der Waals surface area contributed by atoms with Crippen LogP contribution in [0.5, 0.6) is 0 Å². The van der Waals surface area contributed by atoms with Gasteiger partial charge in [-0.15, -0.1) is 0 Å². The topological polar surface area (TPSA) is 99.6 Å². The molecule has 1 aliphatic heterocycles. The molecule has 6 rings (SSSR count). The Labute approximate surface area is 214 Å². The van der Waals surface area contributed by atoms with Crippen molar-refractivity contribution in [1.29, 1.82) is 0 Å². The number of hydrogen-bond donors (Lipinski definition) is 2. The molecule has 3 heterocycles. The Morgan fingerprint density at radius 3 is 2.62 bits per heavy atom. The number of hydrogen-bond acceptors (Lipinski definition) is 4. The van der Waals surface area contributed by atoms with Crippen LogP contribution in [0, 0.1) is 12.8 Å². The van der Waals surface area contributed by atoms with Crippen LogP contribution in [0.15, 0.2) is 53.3 Å². The molecule has 0 radical (unpaired) electrons. The van der Waals surface area contributed by atoms with E-state index in [1.54, 1.807) is 0 Å². The van der Waals surface area contributed by atoms with E-state index in [0.717, 1.165) is 54.3 Å². The minimum atomic E-state index is -0.148. The molecule has 0 bridgehead atoms. The number of aromatic amines is 1. The molecule has 37 heavy (non-hydrogen) atoms. The highest BCUT2D eigenvalue weighted by Gasteiger charge is 2.30. The van der Waals surface area contributed by atoms with Gasteiger partial charge >= 0.3 is 0 Å². The average molecular weight is 498 g/mol. The van der Waals surface area contributed by atoms with Crippen LogP contribution in [0.3, 0.4) is 0 Å². The summed E-state index contributed by atoms with van der Waals surface area (Å²) < 4.78 is 1.48. The number of H-pyrrole nitrogens is 1. The van der Waals surface area contributed by atoms with Crippen molar-refractivity contribution in [2.45, 2.75) is 58.0 Å². The van der Waals surface area contributed by atoms with Crippen LogP contribution in [0.2, 0.25) is 0 Å². The van der Waals surface area contributed by atoms with E-state index in [1.807, 2.05) is 60.4 Å². The van der Waals surface area contributed by atoms with E-state index in [1.165, 1.54) is 4.52 Å². The van der Waals surface area contributed by atoms with E-state index >= 15 is 0 Å². The van der Waals surface area contributed by atoms with Gasteiger partial charge in [0.15, 0.2) is 5.65 Å². The van der Waals surface area contributed by atoms with Crippen LogP contribution in [-0.2, 0) is 17.8 Å². The van der Waals surface area contributed by atoms with E-state index in [0.29, 0.717) is 35.8 Å². The summed E-state index contributed by atoms with van der Waals surface area (Å²) in [5.74, 6) is 0.565. The van der Waals surface area contributed by atoms with E-state index in [2.05, 4.69) is 15.4 Å². The monoisotopic (exact) mass is 497 g/mol. The SMILES string of the molecule is Cc1nc2c3ccccc3[nH]n2c(=O)c1CCC(=O)NC1CCC(CN2Cc3ccccc3C2=O)CC1. The number of carbonyl (C=O) groups is 2. The lowest BCUT2D eigenvalue weighted by atomic mass is 9.85. The molecule has 2 aromatic carbocycles. The second-order valence-corrected chi connectivity index (χ2v) is 10.4. The lowest BCUT2D eigenvalue weighted by Gasteiger charge is -2.31. The highest BCUT2D eigenvalue weighted by Crippen LogP contribution is 2.29. The van der Waals surface area contributed by atoms with Crippen LogP contribution < -0.4 is 10.9 Å². The van der Waals surface area contributed by atoms with Gasteiger partial charge in [0, 0.05) is 47.8 Å². The normalized spacial score (nSPS) is 19.5. The number of nitrogens with one attached hydrogen (secondary N) is 2. The van der Waals surface area contributed by atoms with Crippen molar-refractivity contribution in [3.8, 4) is 0 Å². The Hall–Kier alpha value is -3.94. The molecular formula is C29H31N5O3. The Balaban J connectivity index is 1.02. The molecule has 190 valence electrons. The second kappa shape index (κ2) is 9.50. The molecule has 0 atom stereocenters. The zero-order valence-corrected chi connectivity index (χ0v) is 21.0. The number of rotatable bonds is 6. The fraction of sp³-hybridized carbons (Fsp3) is 0.379. The molecule has 8 nitrogen and oxygen atoms in total. The lowest BCUT2D eigenvalue weighted by molar-refractivity contribution is -0.122. The maximum atomic E-state index is 13.1. The average Bonchev–Trinajstić information content (AvgIpc) is 3.43. The van der Waals surface area contributed by atoms with Gasteiger partial charge in [-0.05, 0) is 68.7 Å². The molecule has 2 N–H and O–H groups in total. The fourth-order valence-electron chi connectivity index (χ4n) is 5.93. The van der Waals surface area contributed by atoms with Crippen molar-refractivity contribution in [1.82, 2.24) is 24.8 Å². The molecule has 2 aromatic heterocycles. The van der Waals surface area contributed by atoms with Gasteiger partial charge in [0.1, 0.15) is 0 Å². The summed E-state index contributed by atoms with van der Waals surface area (Å²) >= 11 is 0. The number of carbonyl (C=O) groups excluding carboxylic acids is 2. The van der Waals surface area contributed by atoms with Gasteiger partial charge in [-0.25, -0.2) is 9.50 Å². The molecule has 2 aliphatic rings. The van der Waals surface area contributed by atoms with Crippen molar-refractivity contribution in [2.24, 2.45) is 5.92 Å². The molecule has 1 saturated carbocycles. The first kappa shape index (κ1) is 23.5. The maximum Gasteiger partial charge on any atom is 0.276 e. The smallest absolute Gasteiger partial charge is 0.276 e. The van der Waals surface area contributed by atoms with Crippen LogP contribution in [-0.4, -0.2) is 43.9 Å². The van der Waals surface area contributed by atoms with Crippen LogP contribution >= 0.6 is 0 Å². The highest BCUT2D eigenvalue weighted by molar-refractivity contribution is 5.98. The van der Waals surface area contributed by atoms with Gasteiger partial charge in [0.2, 0.25) is 5.91 Å². The van der Waals surface area contributed by atoms with Crippen molar-refractivity contribution < 1.29 is 9.59 Å². The van der Waals surface area contributed by atoms with Crippen molar-refractivity contribution in [3.05, 3.63) is 81.3 Å². The maximum absolute atomic E-state index is 13.1. The third kappa shape index (κ3) is 4.41. The summed E-state index contributed by atoms with van der Waals surface area (Å²) in [4.78, 5) is 45.2. The predicted octanol–water partition coefficient (Wildman–Crippen LogP) is 3.75. The van der Waals surface area contributed by atoms with Gasteiger partial charge in [0.25, 0.3) is 11.5 Å². The van der Waals surface area contributed by atoms with E-state index in [9.17, 15) is 14.4 Å². The van der Waals surface area contributed by atoms with Crippen LogP contribution in [0.25, 0.3) is 16.6 Å². The first-order valence-electron chi connectivity index (χ1n) is 13.1. The largest absolute Gasteiger partial charge is 0.353 e. The first-order valence-corrected chi connectivity index (χ1v) is 13.1. The van der Waals surface area contributed by atoms with E-state index in [-0.39, 0.29) is 29.8 Å². The van der Waals surface area contributed by atoms with Crippen molar-refractivity contribution in [2.75, 3.05) is 6.54 Å². The number of fused-ring (bicyclic) bond motifs is 4.